The number of benzene rings is 2. The van der Waals surface area contributed by atoms with Gasteiger partial charge < -0.3 is 23.5 Å². The van der Waals surface area contributed by atoms with Crippen LogP contribution in [0.2, 0.25) is 0 Å². The zero-order valence-corrected chi connectivity index (χ0v) is 21.2. The monoisotopic (exact) mass is 523 g/mol. The minimum Gasteiger partial charge on any atom is -0.466 e. The van der Waals surface area contributed by atoms with Crippen molar-refractivity contribution in [2.45, 2.75) is 39.4 Å². The molecule has 1 amide bonds. The Balaban J connectivity index is 1.29. The average Bonchev–Trinajstić information content (AvgIpc) is 3.59. The molecule has 0 unspecified atom stereocenters. The molecule has 0 aliphatic carbocycles. The number of carbonyl (C=O) groups excluding carboxylic acids is 2. The molecule has 9 nitrogen and oxygen atoms in total. The van der Waals surface area contributed by atoms with E-state index in [1.165, 1.54) is 12.3 Å². The highest BCUT2D eigenvalue weighted by Gasteiger charge is 2.31. The second-order valence-corrected chi connectivity index (χ2v) is 9.39. The highest BCUT2D eigenvalue weighted by atomic mass is 19.1. The Labute approximate surface area is 220 Å². The quantitative estimate of drug-likeness (QED) is 0.386. The van der Waals surface area contributed by atoms with Gasteiger partial charge in [0.15, 0.2) is 17.2 Å². The van der Waals surface area contributed by atoms with Crippen molar-refractivity contribution < 1.29 is 32.6 Å². The van der Waals surface area contributed by atoms with E-state index < -0.39 is 0 Å². The summed E-state index contributed by atoms with van der Waals surface area (Å²) in [4.78, 5) is 33.3. The third kappa shape index (κ3) is 5.96. The number of amides is 1. The van der Waals surface area contributed by atoms with Gasteiger partial charge in [-0.05, 0) is 43.5 Å². The van der Waals surface area contributed by atoms with Crippen molar-refractivity contribution in [3.8, 4) is 11.5 Å². The molecule has 1 atom stereocenters. The van der Waals surface area contributed by atoms with E-state index in [9.17, 15) is 14.0 Å². The Morgan fingerprint density at radius 3 is 2.82 bits per heavy atom. The van der Waals surface area contributed by atoms with Crippen LogP contribution in [-0.4, -0.2) is 53.1 Å². The summed E-state index contributed by atoms with van der Waals surface area (Å²) >= 11 is 0. The number of carbonyl (C=O) groups is 2. The number of oxazole rings is 1. The third-order valence-corrected chi connectivity index (χ3v) is 6.65. The van der Waals surface area contributed by atoms with Crippen LogP contribution >= 0.6 is 0 Å². The minimum atomic E-state index is -0.336. The molecule has 10 heteroatoms. The van der Waals surface area contributed by atoms with E-state index in [1.54, 1.807) is 30.0 Å². The topological polar surface area (TPSA) is 94.3 Å². The van der Waals surface area contributed by atoms with Gasteiger partial charge in [-0.2, -0.15) is 0 Å². The van der Waals surface area contributed by atoms with E-state index in [2.05, 4.69) is 4.98 Å². The number of hydrogen-bond donors (Lipinski definition) is 0. The molecule has 1 saturated heterocycles. The van der Waals surface area contributed by atoms with E-state index in [0.29, 0.717) is 68.6 Å². The smallest absolute Gasteiger partial charge is 0.310 e. The molecule has 0 saturated carbocycles. The summed E-state index contributed by atoms with van der Waals surface area (Å²) in [6, 6.07) is 12.3. The van der Waals surface area contributed by atoms with Gasteiger partial charge in [0.25, 0.3) is 5.91 Å². The number of fused-ring (bicyclic) bond motifs is 1. The van der Waals surface area contributed by atoms with Gasteiger partial charge in [0, 0.05) is 31.7 Å². The van der Waals surface area contributed by atoms with Crippen molar-refractivity contribution in [2.75, 3.05) is 26.5 Å². The summed E-state index contributed by atoms with van der Waals surface area (Å²) in [5, 5.41) is 0. The number of hydrogen-bond acceptors (Lipinski definition) is 8. The standard InChI is InChI=1S/C28H30FN3O6/c1-2-35-28(34)21-7-5-11-32(15-21)27(33)23-17-36-26(30-23)16-31(14-20-6-3-4-8-22(20)29)13-19-9-10-24-25(12-19)38-18-37-24/h3-4,6,8-10,12,17,21H,2,5,7,11,13-16,18H2,1H3/t21-/m1/s1. The summed E-state index contributed by atoms with van der Waals surface area (Å²) in [6.07, 6.45) is 2.75. The first kappa shape index (κ1) is 25.7. The molecular weight excluding hydrogens is 493 g/mol. The van der Waals surface area contributed by atoms with Gasteiger partial charge in [-0.1, -0.05) is 24.3 Å². The number of likely N-dealkylation sites (tertiary alicyclic amines) is 1. The van der Waals surface area contributed by atoms with Gasteiger partial charge in [-0.3, -0.25) is 14.5 Å². The van der Waals surface area contributed by atoms with E-state index in [-0.39, 0.29) is 42.6 Å². The van der Waals surface area contributed by atoms with Crippen LogP contribution in [0, 0.1) is 11.7 Å². The van der Waals surface area contributed by atoms with Gasteiger partial charge in [0.1, 0.15) is 12.1 Å². The first-order valence-corrected chi connectivity index (χ1v) is 12.7. The summed E-state index contributed by atoms with van der Waals surface area (Å²) < 4.78 is 36.2. The highest BCUT2D eigenvalue weighted by molar-refractivity contribution is 5.92. The number of piperidine rings is 1. The van der Waals surface area contributed by atoms with Crippen molar-refractivity contribution in [1.82, 2.24) is 14.8 Å². The molecule has 2 aliphatic heterocycles. The SMILES string of the molecule is CCOC(=O)[C@@H]1CCCN(C(=O)c2coc(CN(Cc3ccc4c(c3)OCO4)Cc3ccccc3F)n2)C1. The van der Waals surface area contributed by atoms with Crippen LogP contribution in [0.4, 0.5) is 4.39 Å². The van der Waals surface area contributed by atoms with Crippen molar-refractivity contribution in [3.05, 3.63) is 77.3 Å². The number of halogens is 1. The zero-order chi connectivity index (χ0) is 26.5. The van der Waals surface area contributed by atoms with Crippen LogP contribution in [-0.2, 0) is 29.2 Å². The molecule has 1 fully saturated rings. The molecule has 5 rings (SSSR count). The Hall–Kier alpha value is -3.92. The molecule has 3 heterocycles. The van der Waals surface area contributed by atoms with E-state index in [4.69, 9.17) is 18.6 Å². The molecule has 3 aromatic rings. The van der Waals surface area contributed by atoms with Crippen LogP contribution < -0.4 is 9.47 Å². The fourth-order valence-corrected chi connectivity index (χ4v) is 4.78. The molecule has 200 valence electrons. The molecule has 0 N–H and O–H groups in total. The Morgan fingerprint density at radius 2 is 1.97 bits per heavy atom. The molecule has 0 spiro atoms. The lowest BCUT2D eigenvalue weighted by atomic mass is 9.98. The lowest BCUT2D eigenvalue weighted by Crippen LogP contribution is -2.43. The predicted molar refractivity (Wildman–Crippen MR) is 134 cm³/mol. The predicted octanol–water partition coefficient (Wildman–Crippen LogP) is 4.16. The molecule has 38 heavy (non-hydrogen) atoms. The number of nitrogens with zero attached hydrogens (tertiary/aromatic N) is 3. The fourth-order valence-electron chi connectivity index (χ4n) is 4.78. The Bertz CT molecular complexity index is 1300. The molecule has 1 aromatic heterocycles. The van der Waals surface area contributed by atoms with Crippen LogP contribution in [0.5, 0.6) is 11.5 Å². The maximum Gasteiger partial charge on any atom is 0.310 e. The summed E-state index contributed by atoms with van der Waals surface area (Å²) in [5.74, 6) is 0.491. The fraction of sp³-hybridized carbons (Fsp3) is 0.393. The first-order chi connectivity index (χ1) is 18.5. The number of aromatic nitrogens is 1. The average molecular weight is 524 g/mol. The zero-order valence-electron chi connectivity index (χ0n) is 21.2. The second kappa shape index (κ2) is 11.6. The maximum absolute atomic E-state index is 14.5. The van der Waals surface area contributed by atoms with E-state index in [1.807, 2.05) is 23.1 Å². The van der Waals surface area contributed by atoms with Gasteiger partial charge in [-0.15, -0.1) is 0 Å². The lowest BCUT2D eigenvalue weighted by molar-refractivity contribution is -0.149. The van der Waals surface area contributed by atoms with Crippen LogP contribution in [0.1, 0.15) is 47.3 Å². The van der Waals surface area contributed by atoms with Crippen LogP contribution in [0.3, 0.4) is 0 Å². The van der Waals surface area contributed by atoms with Gasteiger partial charge in [0.2, 0.25) is 12.7 Å². The molecule has 0 radical (unpaired) electrons. The number of rotatable bonds is 9. The Morgan fingerprint density at radius 1 is 1.13 bits per heavy atom. The first-order valence-electron chi connectivity index (χ1n) is 12.7. The van der Waals surface area contributed by atoms with Gasteiger partial charge in [0.05, 0.1) is 19.1 Å². The van der Waals surface area contributed by atoms with Crippen molar-refractivity contribution >= 4 is 11.9 Å². The number of esters is 1. The summed E-state index contributed by atoms with van der Waals surface area (Å²) in [6.45, 7) is 4.12. The molecule has 2 aromatic carbocycles. The van der Waals surface area contributed by atoms with E-state index in [0.717, 1.165) is 5.56 Å². The van der Waals surface area contributed by atoms with Gasteiger partial charge in [-0.25, -0.2) is 9.37 Å². The van der Waals surface area contributed by atoms with Crippen molar-refractivity contribution in [3.63, 3.8) is 0 Å². The maximum atomic E-state index is 14.5. The molecule has 2 aliphatic rings. The highest BCUT2D eigenvalue weighted by Crippen LogP contribution is 2.33. The van der Waals surface area contributed by atoms with E-state index >= 15 is 0 Å². The summed E-state index contributed by atoms with van der Waals surface area (Å²) in [5.41, 5.74) is 1.67. The normalized spacial score (nSPS) is 16.6. The van der Waals surface area contributed by atoms with Gasteiger partial charge >= 0.3 is 5.97 Å². The third-order valence-electron chi connectivity index (χ3n) is 6.65. The van der Waals surface area contributed by atoms with Crippen molar-refractivity contribution in [2.24, 2.45) is 5.92 Å². The second-order valence-electron chi connectivity index (χ2n) is 9.39. The minimum absolute atomic E-state index is 0.179. The van der Waals surface area contributed by atoms with Crippen LogP contribution in [0.25, 0.3) is 0 Å². The Kier molecular flexibility index (Phi) is 7.88. The number of ether oxygens (including phenoxy) is 3. The molecule has 0 bridgehead atoms. The summed E-state index contributed by atoms with van der Waals surface area (Å²) in [7, 11) is 0. The van der Waals surface area contributed by atoms with Crippen molar-refractivity contribution in [1.29, 1.82) is 0 Å². The molecular formula is C28H30FN3O6. The lowest BCUT2D eigenvalue weighted by Gasteiger charge is -2.30. The van der Waals surface area contributed by atoms with Crippen LogP contribution in [0.15, 0.2) is 53.1 Å². The largest absolute Gasteiger partial charge is 0.466 e.